The fourth-order valence-electron chi connectivity index (χ4n) is 4.89. The molecule has 2 atom stereocenters. The van der Waals surface area contributed by atoms with Crippen molar-refractivity contribution in [2.24, 2.45) is 0 Å². The van der Waals surface area contributed by atoms with Crippen LogP contribution in [-0.2, 0) is 20.7 Å². The van der Waals surface area contributed by atoms with Crippen LogP contribution in [-0.4, -0.2) is 58.5 Å². The largest absolute Gasteiger partial charge is 0.444 e. The van der Waals surface area contributed by atoms with Crippen LogP contribution in [0.1, 0.15) is 96.2 Å². The lowest BCUT2D eigenvalue weighted by molar-refractivity contribution is -0.143. The minimum atomic E-state index is -0.761. The minimum absolute atomic E-state index is 0.0160. The molecule has 1 aromatic carbocycles. The van der Waals surface area contributed by atoms with Crippen LogP contribution < -0.4 is 10.6 Å². The first kappa shape index (κ1) is 29.3. The molecule has 206 valence electrons. The van der Waals surface area contributed by atoms with Crippen molar-refractivity contribution in [3.05, 3.63) is 35.4 Å². The number of hydrogen-bond acceptors (Lipinski definition) is 5. The molecule has 0 saturated heterocycles. The highest BCUT2D eigenvalue weighted by Crippen LogP contribution is 2.36. The Balaban J connectivity index is 1.91. The highest BCUT2D eigenvalue weighted by atomic mass is 32.2. The fraction of sp³-hybridized carbons (Fsp3) is 0.690. The number of carbonyl (C=O) groups is 3. The molecule has 0 aromatic heterocycles. The third-order valence-electron chi connectivity index (χ3n) is 6.98. The molecule has 2 aliphatic rings. The molecule has 0 radical (unpaired) electrons. The van der Waals surface area contributed by atoms with Gasteiger partial charge < -0.3 is 20.3 Å². The lowest BCUT2D eigenvalue weighted by Crippen LogP contribution is -2.54. The fourth-order valence-corrected chi connectivity index (χ4v) is 5.37. The van der Waals surface area contributed by atoms with Crippen LogP contribution in [0.2, 0.25) is 0 Å². The van der Waals surface area contributed by atoms with Gasteiger partial charge in [0.05, 0.1) is 0 Å². The molecule has 0 heterocycles. The summed E-state index contributed by atoms with van der Waals surface area (Å²) in [5.74, 6) is 0.359. The van der Waals surface area contributed by atoms with E-state index in [0.717, 1.165) is 50.5 Å². The monoisotopic (exact) mass is 531 g/mol. The van der Waals surface area contributed by atoms with Gasteiger partial charge in [-0.05, 0) is 82.4 Å². The topological polar surface area (TPSA) is 87.7 Å². The number of aryl methyl sites for hydroxylation is 1. The number of alkyl carbamates (subject to hydrolysis) is 1. The van der Waals surface area contributed by atoms with Crippen molar-refractivity contribution < 1.29 is 19.1 Å². The van der Waals surface area contributed by atoms with Crippen LogP contribution in [0.15, 0.2) is 24.3 Å². The second kappa shape index (κ2) is 13.5. The Kier molecular flexibility index (Phi) is 10.7. The van der Waals surface area contributed by atoms with Gasteiger partial charge in [-0.15, -0.1) is 0 Å². The van der Waals surface area contributed by atoms with Crippen LogP contribution >= 0.6 is 11.8 Å². The van der Waals surface area contributed by atoms with Crippen molar-refractivity contribution in [2.75, 3.05) is 12.0 Å². The van der Waals surface area contributed by atoms with Gasteiger partial charge >= 0.3 is 6.09 Å². The summed E-state index contributed by atoms with van der Waals surface area (Å²) in [7, 11) is 0. The second-order valence-corrected chi connectivity index (χ2v) is 12.3. The number of nitrogens with one attached hydrogen (secondary N) is 2. The molecule has 0 bridgehead atoms. The predicted molar refractivity (Wildman–Crippen MR) is 150 cm³/mol. The summed E-state index contributed by atoms with van der Waals surface area (Å²) < 4.78 is 5.47. The quantitative estimate of drug-likeness (QED) is 0.401. The van der Waals surface area contributed by atoms with Crippen molar-refractivity contribution in [2.45, 2.75) is 115 Å². The molecule has 2 saturated carbocycles. The highest BCUT2D eigenvalue weighted by Gasteiger charge is 2.44. The normalized spacial score (nSPS) is 18.0. The summed E-state index contributed by atoms with van der Waals surface area (Å²) in [5.41, 5.74) is 1.33. The average molecular weight is 532 g/mol. The third-order valence-corrected chi connectivity index (χ3v) is 7.62. The number of amides is 3. The SMILES string of the molecule is CCc1ccc(C(C(=O)NC2CCCCC2)N(C(=O)C(CCSC)NC(=O)OC(C)(C)C)C2CC2)cc1. The summed E-state index contributed by atoms with van der Waals surface area (Å²) in [4.78, 5) is 42.4. The first-order valence-corrected chi connectivity index (χ1v) is 15.2. The molecule has 2 aliphatic carbocycles. The van der Waals surface area contributed by atoms with Crippen molar-refractivity contribution in [1.82, 2.24) is 15.5 Å². The van der Waals surface area contributed by atoms with E-state index >= 15 is 0 Å². The van der Waals surface area contributed by atoms with Gasteiger partial charge in [0.2, 0.25) is 11.8 Å². The number of ether oxygens (including phenoxy) is 1. The Bertz CT molecular complexity index is 905. The molecular weight excluding hydrogens is 486 g/mol. The van der Waals surface area contributed by atoms with Gasteiger partial charge in [0.15, 0.2) is 0 Å². The van der Waals surface area contributed by atoms with Gasteiger partial charge in [0, 0.05) is 12.1 Å². The van der Waals surface area contributed by atoms with Crippen molar-refractivity contribution in [3.8, 4) is 0 Å². The van der Waals surface area contributed by atoms with E-state index in [1.807, 2.05) is 30.5 Å². The molecular formula is C29H45N3O4S. The summed E-state index contributed by atoms with van der Waals surface area (Å²) >= 11 is 1.62. The van der Waals surface area contributed by atoms with Crippen molar-refractivity contribution in [3.63, 3.8) is 0 Å². The smallest absolute Gasteiger partial charge is 0.408 e. The summed E-state index contributed by atoms with van der Waals surface area (Å²) in [6.07, 6.45) is 9.82. The third kappa shape index (κ3) is 8.94. The Morgan fingerprint density at radius 1 is 1.05 bits per heavy atom. The molecule has 2 unspecified atom stereocenters. The van der Waals surface area contributed by atoms with Crippen LogP contribution in [0, 0.1) is 0 Å². The van der Waals surface area contributed by atoms with Gasteiger partial charge in [0.25, 0.3) is 0 Å². The average Bonchev–Trinajstić information content (AvgIpc) is 3.69. The lowest BCUT2D eigenvalue weighted by Gasteiger charge is -2.36. The first-order valence-electron chi connectivity index (χ1n) is 13.8. The number of carbonyl (C=O) groups excluding carboxylic acids is 3. The zero-order valence-electron chi connectivity index (χ0n) is 23.2. The Hall–Kier alpha value is -2.22. The number of hydrogen-bond donors (Lipinski definition) is 2. The predicted octanol–water partition coefficient (Wildman–Crippen LogP) is 5.38. The Morgan fingerprint density at radius 2 is 1.70 bits per heavy atom. The van der Waals surface area contributed by atoms with Crippen LogP contribution in [0.5, 0.6) is 0 Å². The van der Waals surface area contributed by atoms with Gasteiger partial charge in [-0.2, -0.15) is 11.8 Å². The van der Waals surface area contributed by atoms with E-state index < -0.39 is 23.8 Å². The maximum Gasteiger partial charge on any atom is 0.408 e. The number of rotatable bonds is 11. The number of nitrogens with zero attached hydrogens (tertiary/aromatic N) is 1. The lowest BCUT2D eigenvalue weighted by atomic mass is 9.94. The van der Waals surface area contributed by atoms with E-state index in [1.165, 1.54) is 12.0 Å². The van der Waals surface area contributed by atoms with Gasteiger partial charge in [-0.1, -0.05) is 50.5 Å². The molecule has 2 N–H and O–H groups in total. The summed E-state index contributed by atoms with van der Waals surface area (Å²) in [5, 5.41) is 6.09. The van der Waals surface area contributed by atoms with Gasteiger partial charge in [-0.3, -0.25) is 9.59 Å². The minimum Gasteiger partial charge on any atom is -0.444 e. The molecule has 3 amide bonds. The van der Waals surface area contributed by atoms with Crippen LogP contribution in [0.25, 0.3) is 0 Å². The van der Waals surface area contributed by atoms with E-state index in [9.17, 15) is 14.4 Å². The zero-order valence-corrected chi connectivity index (χ0v) is 24.0. The number of benzene rings is 1. The summed E-state index contributed by atoms with van der Waals surface area (Å²) in [6.45, 7) is 7.50. The second-order valence-electron chi connectivity index (χ2n) is 11.3. The van der Waals surface area contributed by atoms with E-state index in [2.05, 4.69) is 17.6 Å². The highest BCUT2D eigenvalue weighted by molar-refractivity contribution is 7.98. The molecule has 1 aromatic rings. The van der Waals surface area contributed by atoms with Crippen LogP contribution in [0.3, 0.4) is 0 Å². The van der Waals surface area contributed by atoms with Crippen molar-refractivity contribution >= 4 is 29.7 Å². The van der Waals surface area contributed by atoms with E-state index in [-0.39, 0.29) is 23.9 Å². The number of thioether (sulfide) groups is 1. The van der Waals surface area contributed by atoms with Gasteiger partial charge in [-0.25, -0.2) is 4.79 Å². The molecule has 37 heavy (non-hydrogen) atoms. The molecule has 3 rings (SSSR count). The Morgan fingerprint density at radius 3 is 2.24 bits per heavy atom. The molecule has 0 spiro atoms. The maximum atomic E-state index is 14.1. The molecule has 2 fully saturated rings. The molecule has 7 nitrogen and oxygen atoms in total. The maximum absolute atomic E-state index is 14.1. The summed E-state index contributed by atoms with van der Waals surface area (Å²) in [6, 6.07) is 6.66. The molecule has 8 heteroatoms. The van der Waals surface area contributed by atoms with Crippen LogP contribution in [0.4, 0.5) is 4.79 Å². The first-order chi connectivity index (χ1) is 17.6. The van der Waals surface area contributed by atoms with Crippen molar-refractivity contribution in [1.29, 1.82) is 0 Å². The van der Waals surface area contributed by atoms with Gasteiger partial charge in [0.1, 0.15) is 17.7 Å². The zero-order chi connectivity index (χ0) is 27.0. The van der Waals surface area contributed by atoms with E-state index in [0.29, 0.717) is 12.2 Å². The van der Waals surface area contributed by atoms with E-state index in [1.54, 1.807) is 37.4 Å². The van der Waals surface area contributed by atoms with E-state index in [4.69, 9.17) is 4.74 Å². The Labute approximate surface area is 226 Å². The standard InChI is InChI=1S/C29H45N3O4S/c1-6-20-12-14-21(15-13-20)25(26(33)30-22-10-8-7-9-11-22)32(23-16-17-23)27(34)24(18-19-37-5)31-28(35)36-29(2,3)4/h12-15,22-25H,6-11,16-19H2,1-5H3,(H,30,33)(H,31,35). The molecule has 0 aliphatic heterocycles.